The molecule has 5 nitrogen and oxygen atoms in total. The number of thioether (sulfide) groups is 1. The third-order valence-corrected chi connectivity index (χ3v) is 3.34. The van der Waals surface area contributed by atoms with Crippen molar-refractivity contribution < 1.29 is 10.0 Å². The third kappa shape index (κ3) is 4.54. The Balaban J connectivity index is 2.78. The van der Waals surface area contributed by atoms with E-state index in [1.54, 1.807) is 23.9 Å². The standard InChI is InChI=1S/C12H18N2O3S/c1-2-5-13-11-4-3-10(9-18-7-6-15)8-12(11)14(16)17/h3-4,8,13,15H,2,5-7,9H2,1H3. The number of nitro groups is 1. The molecule has 0 bridgehead atoms. The van der Waals surface area contributed by atoms with Crippen LogP contribution in [0, 0.1) is 10.1 Å². The van der Waals surface area contributed by atoms with Gasteiger partial charge in [-0.3, -0.25) is 10.1 Å². The van der Waals surface area contributed by atoms with Crippen molar-refractivity contribution in [3.05, 3.63) is 33.9 Å². The van der Waals surface area contributed by atoms with E-state index in [2.05, 4.69) is 5.32 Å². The lowest BCUT2D eigenvalue weighted by molar-refractivity contribution is -0.384. The molecule has 0 heterocycles. The normalized spacial score (nSPS) is 10.3. The van der Waals surface area contributed by atoms with Crippen LogP contribution in [0.1, 0.15) is 18.9 Å². The molecule has 1 rings (SSSR count). The second-order valence-corrected chi connectivity index (χ2v) is 4.92. The molecule has 0 aliphatic rings. The van der Waals surface area contributed by atoms with E-state index in [0.717, 1.165) is 18.5 Å². The van der Waals surface area contributed by atoms with Gasteiger partial charge in [-0.05, 0) is 18.1 Å². The fourth-order valence-corrected chi connectivity index (χ4v) is 2.17. The van der Waals surface area contributed by atoms with Crippen LogP contribution in [-0.2, 0) is 5.75 Å². The van der Waals surface area contributed by atoms with Crippen molar-refractivity contribution in [2.45, 2.75) is 19.1 Å². The molecule has 0 aliphatic carbocycles. The minimum Gasteiger partial charge on any atom is -0.396 e. The zero-order valence-electron chi connectivity index (χ0n) is 10.4. The van der Waals surface area contributed by atoms with Crippen LogP contribution in [-0.4, -0.2) is 28.9 Å². The number of rotatable bonds is 8. The van der Waals surface area contributed by atoms with Gasteiger partial charge in [-0.15, -0.1) is 0 Å². The van der Waals surface area contributed by atoms with Gasteiger partial charge < -0.3 is 10.4 Å². The van der Waals surface area contributed by atoms with Crippen LogP contribution in [0.2, 0.25) is 0 Å². The molecular weight excluding hydrogens is 252 g/mol. The van der Waals surface area contributed by atoms with Crippen LogP contribution in [0.4, 0.5) is 11.4 Å². The highest BCUT2D eigenvalue weighted by molar-refractivity contribution is 7.98. The van der Waals surface area contributed by atoms with Gasteiger partial charge in [0.05, 0.1) is 11.5 Å². The van der Waals surface area contributed by atoms with Gasteiger partial charge in [0.2, 0.25) is 0 Å². The Morgan fingerprint density at radius 3 is 2.89 bits per heavy atom. The molecule has 18 heavy (non-hydrogen) atoms. The van der Waals surface area contributed by atoms with Gasteiger partial charge in [-0.25, -0.2) is 0 Å². The van der Waals surface area contributed by atoms with Gasteiger partial charge in [-0.2, -0.15) is 11.8 Å². The number of anilines is 1. The first kappa shape index (κ1) is 14.8. The maximum Gasteiger partial charge on any atom is 0.292 e. The van der Waals surface area contributed by atoms with Crippen molar-refractivity contribution in [2.24, 2.45) is 0 Å². The molecule has 1 aromatic rings. The summed E-state index contributed by atoms with van der Waals surface area (Å²) in [5.74, 6) is 1.32. The Morgan fingerprint density at radius 1 is 1.50 bits per heavy atom. The second-order valence-electron chi connectivity index (χ2n) is 3.81. The number of nitro benzene ring substituents is 1. The molecule has 0 radical (unpaired) electrons. The minimum atomic E-state index is -0.363. The number of aliphatic hydroxyl groups excluding tert-OH is 1. The fourth-order valence-electron chi connectivity index (χ4n) is 1.48. The summed E-state index contributed by atoms with van der Waals surface area (Å²) in [6.07, 6.45) is 0.922. The molecule has 0 fully saturated rings. The van der Waals surface area contributed by atoms with Crippen LogP contribution < -0.4 is 5.32 Å². The van der Waals surface area contributed by atoms with Gasteiger partial charge in [0.15, 0.2) is 0 Å². The highest BCUT2D eigenvalue weighted by atomic mass is 32.2. The average Bonchev–Trinajstić information content (AvgIpc) is 2.37. The molecule has 0 amide bonds. The lowest BCUT2D eigenvalue weighted by Crippen LogP contribution is -2.03. The van der Waals surface area contributed by atoms with E-state index in [-0.39, 0.29) is 17.2 Å². The van der Waals surface area contributed by atoms with Crippen molar-refractivity contribution in [3.63, 3.8) is 0 Å². The summed E-state index contributed by atoms with van der Waals surface area (Å²) in [4.78, 5) is 10.6. The molecule has 0 saturated heterocycles. The first-order valence-corrected chi connectivity index (χ1v) is 7.04. The predicted molar refractivity (Wildman–Crippen MR) is 75.1 cm³/mol. The van der Waals surface area contributed by atoms with Gasteiger partial charge in [-0.1, -0.05) is 13.0 Å². The summed E-state index contributed by atoms with van der Waals surface area (Å²) in [6.45, 7) is 2.86. The van der Waals surface area contributed by atoms with Gasteiger partial charge in [0.25, 0.3) is 5.69 Å². The maximum absolute atomic E-state index is 11.0. The van der Waals surface area contributed by atoms with Crippen molar-refractivity contribution in [3.8, 4) is 0 Å². The number of hydrogen-bond donors (Lipinski definition) is 2. The van der Waals surface area contributed by atoms with E-state index < -0.39 is 0 Å². The molecule has 100 valence electrons. The predicted octanol–water partition coefficient (Wildman–Crippen LogP) is 2.64. The average molecular weight is 270 g/mol. The maximum atomic E-state index is 11.0. The third-order valence-electron chi connectivity index (χ3n) is 2.33. The van der Waals surface area contributed by atoms with Crippen molar-refractivity contribution in [2.75, 3.05) is 24.2 Å². The summed E-state index contributed by atoms with van der Waals surface area (Å²) in [5.41, 5.74) is 1.59. The summed E-state index contributed by atoms with van der Waals surface area (Å²) in [5, 5.41) is 22.7. The number of aliphatic hydroxyl groups is 1. The van der Waals surface area contributed by atoms with Crippen LogP contribution in [0.25, 0.3) is 0 Å². The van der Waals surface area contributed by atoms with Crippen LogP contribution in [0.3, 0.4) is 0 Å². The van der Waals surface area contributed by atoms with E-state index in [1.165, 1.54) is 0 Å². The number of benzene rings is 1. The Hall–Kier alpha value is -1.27. The first-order chi connectivity index (χ1) is 8.69. The molecule has 6 heteroatoms. The smallest absolute Gasteiger partial charge is 0.292 e. The molecule has 0 spiro atoms. The lowest BCUT2D eigenvalue weighted by Gasteiger charge is -2.07. The quantitative estimate of drug-likeness (QED) is 0.431. The number of hydrogen-bond acceptors (Lipinski definition) is 5. The minimum absolute atomic E-state index is 0.116. The van der Waals surface area contributed by atoms with Crippen LogP contribution >= 0.6 is 11.8 Å². The van der Waals surface area contributed by atoms with Crippen molar-refractivity contribution >= 4 is 23.1 Å². The molecular formula is C12H18N2O3S. The largest absolute Gasteiger partial charge is 0.396 e. The highest BCUT2D eigenvalue weighted by Crippen LogP contribution is 2.27. The summed E-state index contributed by atoms with van der Waals surface area (Å²) in [7, 11) is 0. The van der Waals surface area contributed by atoms with E-state index in [1.807, 2.05) is 13.0 Å². The lowest BCUT2D eigenvalue weighted by atomic mass is 10.2. The molecule has 0 atom stereocenters. The molecule has 0 aromatic heterocycles. The van der Waals surface area contributed by atoms with Gasteiger partial charge in [0.1, 0.15) is 5.69 Å². The highest BCUT2D eigenvalue weighted by Gasteiger charge is 2.13. The molecule has 0 aliphatic heterocycles. The first-order valence-electron chi connectivity index (χ1n) is 5.88. The Kier molecular flexibility index (Phi) is 6.53. The van der Waals surface area contributed by atoms with E-state index >= 15 is 0 Å². The Labute approximate surface area is 111 Å². The molecule has 1 aromatic carbocycles. The second kappa shape index (κ2) is 7.94. The monoisotopic (exact) mass is 270 g/mol. The molecule has 0 unspecified atom stereocenters. The Bertz CT molecular complexity index is 399. The van der Waals surface area contributed by atoms with Crippen LogP contribution in [0.5, 0.6) is 0 Å². The topological polar surface area (TPSA) is 75.4 Å². The van der Waals surface area contributed by atoms with Crippen molar-refractivity contribution in [1.82, 2.24) is 0 Å². The SMILES string of the molecule is CCCNc1ccc(CSCCO)cc1[N+](=O)[O-]. The summed E-state index contributed by atoms with van der Waals surface area (Å²) >= 11 is 1.56. The van der Waals surface area contributed by atoms with Crippen LogP contribution in [0.15, 0.2) is 18.2 Å². The summed E-state index contributed by atoms with van der Waals surface area (Å²) < 4.78 is 0. The number of nitrogens with zero attached hydrogens (tertiary/aromatic N) is 1. The van der Waals surface area contributed by atoms with E-state index in [0.29, 0.717) is 17.2 Å². The van der Waals surface area contributed by atoms with Gasteiger partial charge >= 0.3 is 0 Å². The Morgan fingerprint density at radius 2 is 2.28 bits per heavy atom. The fraction of sp³-hybridized carbons (Fsp3) is 0.500. The molecule has 0 saturated carbocycles. The van der Waals surface area contributed by atoms with Crippen molar-refractivity contribution in [1.29, 1.82) is 0 Å². The van der Waals surface area contributed by atoms with E-state index in [9.17, 15) is 10.1 Å². The number of nitrogens with one attached hydrogen (secondary N) is 1. The molecule has 2 N–H and O–H groups in total. The summed E-state index contributed by atoms with van der Waals surface area (Å²) in [6, 6.07) is 5.24. The van der Waals surface area contributed by atoms with Gasteiger partial charge in [0, 0.05) is 24.1 Å². The zero-order chi connectivity index (χ0) is 13.4. The van der Waals surface area contributed by atoms with E-state index in [4.69, 9.17) is 5.11 Å². The zero-order valence-corrected chi connectivity index (χ0v) is 11.2.